The SMILES string of the molecule is Cc1nc2cc(F)ccc2c2c1O[C@]1(CC2)C[C@H]2C(=O)N[C@]3(C(=O)NS(=O)(=O)C4(C)CC4)C[C@H]3/C=C\CCCCC[C@H](NC(=O)OC(C)(C)C(F)(F)F)C(=O)N2C1. The first-order chi connectivity index (χ1) is 26.6. The number of carbonyl (C=O) groups is 4. The second-order valence-electron chi connectivity index (χ2n) is 17.0. The lowest BCUT2D eigenvalue weighted by molar-refractivity contribution is -0.244. The summed E-state index contributed by atoms with van der Waals surface area (Å²) in [6, 6.07) is 1.53. The van der Waals surface area contributed by atoms with Gasteiger partial charge in [-0.2, -0.15) is 13.2 Å². The average Bonchev–Trinajstić information content (AvgIpc) is 4.01. The fraction of sp³-hybridized carbons (Fsp3) is 0.615. The zero-order chi connectivity index (χ0) is 41.3. The van der Waals surface area contributed by atoms with Crippen LogP contribution in [0.2, 0.25) is 0 Å². The third kappa shape index (κ3) is 7.65. The van der Waals surface area contributed by atoms with E-state index in [2.05, 4.69) is 20.3 Å². The molecule has 3 fully saturated rings. The zero-order valence-corrected chi connectivity index (χ0v) is 33.0. The predicted octanol–water partition coefficient (Wildman–Crippen LogP) is 5.18. The maximum atomic E-state index is 14.6. The molecule has 2 aliphatic carbocycles. The van der Waals surface area contributed by atoms with Gasteiger partial charge in [-0.25, -0.2) is 22.6 Å². The fourth-order valence-corrected chi connectivity index (χ4v) is 9.44. The van der Waals surface area contributed by atoms with E-state index in [0.29, 0.717) is 81.1 Å². The molecule has 0 unspecified atom stereocenters. The second-order valence-corrected chi connectivity index (χ2v) is 19.2. The lowest BCUT2D eigenvalue weighted by atomic mass is 9.87. The Bertz CT molecular complexity index is 2160. The first-order valence-electron chi connectivity index (χ1n) is 19.3. The summed E-state index contributed by atoms with van der Waals surface area (Å²) >= 11 is 0. The summed E-state index contributed by atoms with van der Waals surface area (Å²) in [7, 11) is -4.08. The largest absolute Gasteiger partial charge is 0.483 e. The van der Waals surface area contributed by atoms with Crippen LogP contribution in [0.1, 0.15) is 96.2 Å². The number of halogens is 4. The number of rotatable bonds is 5. The van der Waals surface area contributed by atoms with Crippen LogP contribution in [0.15, 0.2) is 30.4 Å². The topological polar surface area (TPSA) is 173 Å². The number of alkyl halides is 3. The highest BCUT2D eigenvalue weighted by molar-refractivity contribution is 7.91. The molecule has 0 bridgehead atoms. The lowest BCUT2D eigenvalue weighted by Gasteiger charge is -2.36. The van der Waals surface area contributed by atoms with Gasteiger partial charge in [0.2, 0.25) is 27.4 Å². The molecule has 1 saturated heterocycles. The summed E-state index contributed by atoms with van der Waals surface area (Å²) in [4.78, 5) is 61.9. The van der Waals surface area contributed by atoms with Gasteiger partial charge in [0.05, 0.1) is 22.5 Å². The molecule has 4 amide bonds. The van der Waals surface area contributed by atoms with Crippen LogP contribution in [0.5, 0.6) is 5.75 Å². The Morgan fingerprint density at radius 2 is 1.82 bits per heavy atom. The van der Waals surface area contributed by atoms with Gasteiger partial charge in [-0.15, -0.1) is 0 Å². The number of sulfonamides is 1. The van der Waals surface area contributed by atoms with Crippen molar-refractivity contribution in [2.75, 3.05) is 6.54 Å². The van der Waals surface area contributed by atoms with Gasteiger partial charge in [0.1, 0.15) is 34.8 Å². The molecule has 7 rings (SSSR count). The van der Waals surface area contributed by atoms with Crippen LogP contribution in [0, 0.1) is 18.7 Å². The summed E-state index contributed by atoms with van der Waals surface area (Å²) < 4.78 is 94.0. The number of hydrogen-bond donors (Lipinski definition) is 3. The Morgan fingerprint density at radius 3 is 2.53 bits per heavy atom. The first-order valence-corrected chi connectivity index (χ1v) is 20.8. The Kier molecular flexibility index (Phi) is 10.1. The summed E-state index contributed by atoms with van der Waals surface area (Å²) in [5.41, 5.74) is -4.06. The van der Waals surface area contributed by atoms with Gasteiger partial charge in [-0.3, -0.25) is 19.1 Å². The van der Waals surface area contributed by atoms with Gasteiger partial charge in [-0.1, -0.05) is 25.0 Å². The highest BCUT2D eigenvalue weighted by atomic mass is 32.2. The van der Waals surface area contributed by atoms with Crippen LogP contribution in [-0.4, -0.2) is 88.4 Å². The number of aromatic nitrogens is 1. The van der Waals surface area contributed by atoms with Crippen molar-refractivity contribution in [2.24, 2.45) is 5.92 Å². The quantitative estimate of drug-likeness (QED) is 0.272. The van der Waals surface area contributed by atoms with E-state index in [9.17, 15) is 45.2 Å². The van der Waals surface area contributed by atoms with Crippen molar-refractivity contribution in [1.82, 2.24) is 25.2 Å². The van der Waals surface area contributed by atoms with Gasteiger partial charge in [0, 0.05) is 29.4 Å². The zero-order valence-electron chi connectivity index (χ0n) is 32.2. The number of fused-ring (bicyclic) bond motifs is 5. The molecule has 13 nitrogen and oxygen atoms in total. The van der Waals surface area contributed by atoms with Crippen LogP contribution >= 0.6 is 0 Å². The number of hydrogen-bond acceptors (Lipinski definition) is 9. The minimum Gasteiger partial charge on any atom is -0.483 e. The predicted molar refractivity (Wildman–Crippen MR) is 198 cm³/mol. The summed E-state index contributed by atoms with van der Waals surface area (Å²) in [6.45, 7) is 4.42. The van der Waals surface area contributed by atoms with Crippen molar-refractivity contribution in [1.29, 1.82) is 0 Å². The maximum absolute atomic E-state index is 14.6. The Hall–Kier alpha value is -4.48. The molecule has 1 aromatic heterocycles. The number of aryl methyl sites for hydroxylation is 2. The molecule has 4 heterocycles. The first kappa shape index (κ1) is 40.7. The summed E-state index contributed by atoms with van der Waals surface area (Å²) in [5, 5.41) is 5.82. The number of pyridine rings is 1. The minimum absolute atomic E-state index is 0.0167. The second kappa shape index (κ2) is 14.1. The van der Waals surface area contributed by atoms with E-state index >= 15 is 0 Å². The Balaban J connectivity index is 1.23. The molecule has 3 N–H and O–H groups in total. The van der Waals surface area contributed by atoms with Crippen LogP contribution in [-0.2, 0) is 35.6 Å². The molecule has 0 radical (unpaired) electrons. The molecule has 3 aliphatic heterocycles. The number of nitrogens with one attached hydrogen (secondary N) is 3. The van der Waals surface area contributed by atoms with Crippen LogP contribution in [0.25, 0.3) is 10.9 Å². The van der Waals surface area contributed by atoms with E-state index in [1.165, 1.54) is 24.0 Å². The molecule has 5 aliphatic rings. The molecule has 2 aromatic rings. The number of benzene rings is 1. The molecule has 310 valence electrons. The van der Waals surface area contributed by atoms with E-state index in [1.54, 1.807) is 19.1 Å². The van der Waals surface area contributed by atoms with Crippen molar-refractivity contribution < 1.29 is 54.6 Å². The molecule has 57 heavy (non-hydrogen) atoms. The van der Waals surface area contributed by atoms with Gasteiger partial charge >= 0.3 is 12.3 Å². The normalized spacial score (nSPS) is 29.4. The molecule has 1 spiro atoms. The molecular weight excluding hydrogens is 775 g/mol. The van der Waals surface area contributed by atoms with Gasteiger partial charge < -0.3 is 25.0 Å². The van der Waals surface area contributed by atoms with E-state index in [1.807, 2.05) is 6.08 Å². The summed E-state index contributed by atoms with van der Waals surface area (Å²) in [6.07, 6.45) is 0.859. The number of allylic oxidation sites excluding steroid dienone is 1. The number of amides is 4. The van der Waals surface area contributed by atoms with Crippen molar-refractivity contribution in [3.63, 3.8) is 0 Å². The minimum atomic E-state index is -4.91. The van der Waals surface area contributed by atoms with Gasteiger partial charge in [0.15, 0.2) is 0 Å². The van der Waals surface area contributed by atoms with Crippen molar-refractivity contribution in [3.05, 3.63) is 47.4 Å². The standard InChI is InChI=1S/C39H47F4N5O8S/c1-22-30-26(25-13-12-24(40)18-28(25)44-22)14-15-37(55-30)20-29-31(49)46-38(33(51)47-57(53,54)36(4)16-17-36)19-23(38)10-8-6-5-7-9-11-27(32(50)48(29)21-37)45-34(52)56-35(2,3)39(41,42)43/h8,10,12-13,18,23,27,29H,5-7,9,11,14-17,19-21H2,1-4H3,(H,45,52)(H,46,49)(H,47,51)/b10-8-/t23-,27+,29+,37-,38-/m1/s1. The molecule has 5 atom stereocenters. The van der Waals surface area contributed by atoms with Crippen LogP contribution < -0.4 is 20.1 Å². The Morgan fingerprint density at radius 1 is 1.09 bits per heavy atom. The van der Waals surface area contributed by atoms with Gasteiger partial charge in [-0.05, 0) is 91.2 Å². The number of carbonyl (C=O) groups excluding carboxylic acids is 4. The molecular formula is C39H47F4N5O8S. The number of nitrogens with zero attached hydrogens (tertiary/aromatic N) is 2. The van der Waals surface area contributed by atoms with Gasteiger partial charge in [0.25, 0.3) is 5.91 Å². The van der Waals surface area contributed by atoms with Crippen molar-refractivity contribution in [3.8, 4) is 5.75 Å². The average molecular weight is 822 g/mol. The highest BCUT2D eigenvalue weighted by Crippen LogP contribution is 2.49. The van der Waals surface area contributed by atoms with E-state index in [0.717, 1.165) is 5.56 Å². The molecule has 1 aromatic carbocycles. The third-order valence-corrected chi connectivity index (χ3v) is 14.4. The summed E-state index contributed by atoms with van der Waals surface area (Å²) in [5.74, 6) is -3.02. The van der Waals surface area contributed by atoms with Crippen LogP contribution in [0.4, 0.5) is 22.4 Å². The smallest absolute Gasteiger partial charge is 0.427 e. The van der Waals surface area contributed by atoms with Crippen molar-refractivity contribution in [2.45, 2.75) is 138 Å². The van der Waals surface area contributed by atoms with E-state index in [-0.39, 0.29) is 32.2 Å². The maximum Gasteiger partial charge on any atom is 0.427 e. The van der Waals surface area contributed by atoms with E-state index in [4.69, 9.17) is 9.47 Å². The van der Waals surface area contributed by atoms with Crippen molar-refractivity contribution >= 4 is 44.7 Å². The number of ether oxygens (including phenoxy) is 2. The Labute approximate surface area is 327 Å². The molecule has 2 saturated carbocycles. The highest BCUT2D eigenvalue weighted by Gasteiger charge is 2.64. The molecule has 18 heteroatoms. The number of alkyl carbamates (subject to hydrolysis) is 1. The lowest BCUT2D eigenvalue weighted by Crippen LogP contribution is -2.59. The third-order valence-electron chi connectivity index (χ3n) is 12.3. The van der Waals surface area contributed by atoms with E-state index < -0.39 is 85.3 Å². The fourth-order valence-electron chi connectivity index (χ4n) is 8.13. The monoisotopic (exact) mass is 821 g/mol. The van der Waals surface area contributed by atoms with Crippen LogP contribution in [0.3, 0.4) is 0 Å².